The number of aliphatic hydroxyl groups excluding tert-OH is 1. The van der Waals surface area contributed by atoms with E-state index in [-0.39, 0.29) is 30.6 Å². The fourth-order valence-electron chi connectivity index (χ4n) is 2.33. The lowest BCUT2D eigenvalue weighted by Crippen LogP contribution is -2.52. The number of carbonyl (C=O) groups is 1. The van der Waals surface area contributed by atoms with Crippen molar-refractivity contribution in [2.75, 3.05) is 19.8 Å². The van der Waals surface area contributed by atoms with Gasteiger partial charge in [-0.3, -0.25) is 9.48 Å². The van der Waals surface area contributed by atoms with Gasteiger partial charge in [0.15, 0.2) is 0 Å². The van der Waals surface area contributed by atoms with Gasteiger partial charge >= 0.3 is 0 Å². The van der Waals surface area contributed by atoms with Gasteiger partial charge in [0.2, 0.25) is 0 Å². The summed E-state index contributed by atoms with van der Waals surface area (Å²) >= 11 is 0. The van der Waals surface area contributed by atoms with Gasteiger partial charge in [-0.2, -0.15) is 5.10 Å². The van der Waals surface area contributed by atoms with Crippen LogP contribution in [0.2, 0.25) is 0 Å². The number of morpholine rings is 1. The summed E-state index contributed by atoms with van der Waals surface area (Å²) in [7, 11) is 1.79. The van der Waals surface area contributed by atoms with Gasteiger partial charge in [0, 0.05) is 13.6 Å². The Morgan fingerprint density at radius 3 is 2.85 bits per heavy atom. The summed E-state index contributed by atoms with van der Waals surface area (Å²) in [6.07, 6.45) is -0.298. The number of rotatable bonds is 3. The van der Waals surface area contributed by atoms with Crippen molar-refractivity contribution in [3.63, 3.8) is 0 Å². The quantitative estimate of drug-likeness (QED) is 0.888. The summed E-state index contributed by atoms with van der Waals surface area (Å²) in [5.41, 5.74) is 1.50. The van der Waals surface area contributed by atoms with E-state index in [1.165, 1.54) is 0 Å². The maximum absolute atomic E-state index is 12.7. The number of aryl methyl sites for hydroxylation is 1. The second-order valence-electron chi connectivity index (χ2n) is 5.68. The Morgan fingerprint density at radius 1 is 1.60 bits per heavy atom. The lowest BCUT2D eigenvalue weighted by atomic mass is 10.1. The zero-order valence-corrected chi connectivity index (χ0v) is 12.5. The fraction of sp³-hybridized carbons (Fsp3) is 0.714. The number of carbonyl (C=O) groups excluding carboxylic acids is 1. The van der Waals surface area contributed by atoms with Crippen LogP contribution in [-0.2, 0) is 11.8 Å². The number of aromatic nitrogens is 2. The Bertz CT molecular complexity index is 484. The molecule has 1 aromatic heterocycles. The van der Waals surface area contributed by atoms with Crippen LogP contribution in [0.1, 0.15) is 42.9 Å². The highest BCUT2D eigenvalue weighted by molar-refractivity contribution is 5.93. The topological polar surface area (TPSA) is 67.6 Å². The van der Waals surface area contributed by atoms with E-state index in [4.69, 9.17) is 4.74 Å². The Hall–Kier alpha value is -1.40. The zero-order valence-electron chi connectivity index (χ0n) is 12.5. The molecule has 2 atom stereocenters. The summed E-state index contributed by atoms with van der Waals surface area (Å²) in [6, 6.07) is 1.85. The monoisotopic (exact) mass is 281 g/mol. The Balaban J connectivity index is 2.21. The molecule has 0 aromatic carbocycles. The van der Waals surface area contributed by atoms with Gasteiger partial charge < -0.3 is 14.7 Å². The van der Waals surface area contributed by atoms with E-state index in [2.05, 4.69) is 18.9 Å². The highest BCUT2D eigenvalue weighted by atomic mass is 16.5. The first-order valence-electron chi connectivity index (χ1n) is 7.01. The zero-order chi connectivity index (χ0) is 14.9. The van der Waals surface area contributed by atoms with Crippen molar-refractivity contribution in [2.24, 2.45) is 7.05 Å². The number of ether oxygens (including phenoxy) is 1. The van der Waals surface area contributed by atoms with Gasteiger partial charge in [0.1, 0.15) is 5.69 Å². The van der Waals surface area contributed by atoms with Gasteiger partial charge in [-0.15, -0.1) is 0 Å². The molecule has 112 valence electrons. The predicted octanol–water partition coefficient (Wildman–Crippen LogP) is 0.765. The van der Waals surface area contributed by atoms with E-state index < -0.39 is 0 Å². The summed E-state index contributed by atoms with van der Waals surface area (Å²) in [6.45, 7) is 6.85. The van der Waals surface area contributed by atoms with E-state index in [1.54, 1.807) is 16.6 Å². The maximum Gasteiger partial charge on any atom is 0.272 e. The third-order valence-corrected chi connectivity index (χ3v) is 3.68. The molecular formula is C14H23N3O3. The number of aliphatic hydroxyl groups is 1. The highest BCUT2D eigenvalue weighted by Crippen LogP contribution is 2.18. The molecule has 0 saturated carbocycles. The van der Waals surface area contributed by atoms with E-state index in [1.807, 2.05) is 13.0 Å². The molecule has 1 aromatic rings. The van der Waals surface area contributed by atoms with Crippen molar-refractivity contribution in [3.8, 4) is 0 Å². The minimum atomic E-state index is -0.298. The van der Waals surface area contributed by atoms with E-state index >= 15 is 0 Å². The van der Waals surface area contributed by atoms with Crippen LogP contribution in [0.15, 0.2) is 6.07 Å². The van der Waals surface area contributed by atoms with Gasteiger partial charge in [0.25, 0.3) is 5.91 Å². The molecule has 6 heteroatoms. The third kappa shape index (κ3) is 2.86. The van der Waals surface area contributed by atoms with Crippen molar-refractivity contribution < 1.29 is 14.6 Å². The Kier molecular flexibility index (Phi) is 4.45. The van der Waals surface area contributed by atoms with Crippen molar-refractivity contribution in [2.45, 2.75) is 38.8 Å². The molecule has 0 radical (unpaired) electrons. The van der Waals surface area contributed by atoms with Crippen LogP contribution in [0.25, 0.3) is 0 Å². The molecule has 1 aliphatic heterocycles. The molecule has 2 heterocycles. The van der Waals surface area contributed by atoms with Crippen LogP contribution in [0.4, 0.5) is 0 Å². The Morgan fingerprint density at radius 2 is 2.30 bits per heavy atom. The van der Waals surface area contributed by atoms with Gasteiger partial charge in [-0.25, -0.2) is 0 Å². The summed E-state index contributed by atoms with van der Waals surface area (Å²) in [4.78, 5) is 14.4. The van der Waals surface area contributed by atoms with E-state index in [0.29, 0.717) is 18.8 Å². The molecule has 6 nitrogen and oxygen atoms in total. The van der Waals surface area contributed by atoms with Gasteiger partial charge in [-0.1, -0.05) is 13.8 Å². The standard InChI is InChI=1S/C14H23N3O3/c1-9(2)12-5-13(16(4)15-12)14(19)17-6-11(7-18)20-8-10(17)3/h5,9-11,18H,6-8H2,1-4H3/t10-,11-/m0/s1. The average Bonchev–Trinajstić information content (AvgIpc) is 2.81. The predicted molar refractivity (Wildman–Crippen MR) is 74.6 cm³/mol. The normalized spacial score (nSPS) is 23.4. The maximum atomic E-state index is 12.7. The van der Waals surface area contributed by atoms with Crippen molar-refractivity contribution >= 4 is 5.91 Å². The van der Waals surface area contributed by atoms with E-state index in [9.17, 15) is 9.90 Å². The highest BCUT2D eigenvalue weighted by Gasteiger charge is 2.31. The molecule has 1 saturated heterocycles. The summed E-state index contributed by atoms with van der Waals surface area (Å²) in [5.74, 6) is 0.233. The molecule has 0 bridgehead atoms. The second kappa shape index (κ2) is 5.93. The summed E-state index contributed by atoms with van der Waals surface area (Å²) < 4.78 is 7.10. The van der Waals surface area contributed by atoms with Crippen molar-refractivity contribution in [1.29, 1.82) is 0 Å². The smallest absolute Gasteiger partial charge is 0.272 e. The molecule has 1 fully saturated rings. The number of hydrogen-bond donors (Lipinski definition) is 1. The van der Waals surface area contributed by atoms with Crippen LogP contribution in [0, 0.1) is 0 Å². The van der Waals surface area contributed by atoms with Gasteiger partial charge in [-0.05, 0) is 18.9 Å². The number of nitrogens with zero attached hydrogens (tertiary/aromatic N) is 3. The van der Waals surface area contributed by atoms with Crippen LogP contribution in [0.3, 0.4) is 0 Å². The first kappa shape index (κ1) is 15.0. The largest absolute Gasteiger partial charge is 0.394 e. The molecule has 1 N–H and O–H groups in total. The molecule has 1 amide bonds. The fourth-order valence-corrected chi connectivity index (χ4v) is 2.33. The SMILES string of the molecule is CC(C)c1cc(C(=O)N2C[C@@H](CO)OC[C@@H]2C)n(C)n1. The minimum absolute atomic E-state index is 0.00250. The molecule has 0 unspecified atom stereocenters. The van der Waals surface area contributed by atoms with Crippen molar-refractivity contribution in [3.05, 3.63) is 17.5 Å². The third-order valence-electron chi connectivity index (χ3n) is 3.68. The van der Waals surface area contributed by atoms with Crippen LogP contribution in [0.5, 0.6) is 0 Å². The lowest BCUT2D eigenvalue weighted by Gasteiger charge is -2.37. The second-order valence-corrected chi connectivity index (χ2v) is 5.68. The van der Waals surface area contributed by atoms with Crippen LogP contribution < -0.4 is 0 Å². The molecule has 0 aliphatic carbocycles. The first-order chi connectivity index (χ1) is 9.43. The number of hydrogen-bond acceptors (Lipinski definition) is 4. The Labute approximate surface area is 119 Å². The van der Waals surface area contributed by atoms with Crippen LogP contribution >= 0.6 is 0 Å². The average molecular weight is 281 g/mol. The molecular weight excluding hydrogens is 258 g/mol. The van der Waals surface area contributed by atoms with E-state index in [0.717, 1.165) is 5.69 Å². The van der Waals surface area contributed by atoms with Crippen molar-refractivity contribution in [1.82, 2.24) is 14.7 Å². The lowest BCUT2D eigenvalue weighted by molar-refractivity contribution is -0.0669. The van der Waals surface area contributed by atoms with Gasteiger partial charge in [0.05, 0.1) is 31.1 Å². The minimum Gasteiger partial charge on any atom is -0.394 e. The molecule has 0 spiro atoms. The molecule has 2 rings (SSSR count). The first-order valence-corrected chi connectivity index (χ1v) is 7.01. The molecule has 1 aliphatic rings. The summed E-state index contributed by atoms with van der Waals surface area (Å²) in [5, 5.41) is 13.6. The number of amides is 1. The molecule has 20 heavy (non-hydrogen) atoms. The van der Waals surface area contributed by atoms with Crippen LogP contribution in [-0.4, -0.2) is 57.6 Å².